The topological polar surface area (TPSA) is 84.0 Å². The molecule has 150 valence electrons. The zero-order valence-corrected chi connectivity index (χ0v) is 16.6. The molecule has 0 bridgehead atoms. The summed E-state index contributed by atoms with van der Waals surface area (Å²) in [4.78, 5) is 16.8. The highest BCUT2D eigenvalue weighted by Crippen LogP contribution is 2.13. The normalized spacial score (nSPS) is 10.9. The van der Waals surface area contributed by atoms with Gasteiger partial charge in [0, 0.05) is 25.2 Å². The number of guanidine groups is 1. The molecule has 3 N–H and O–H groups in total. The van der Waals surface area contributed by atoms with Gasteiger partial charge in [-0.1, -0.05) is 18.2 Å². The van der Waals surface area contributed by atoms with E-state index in [4.69, 9.17) is 9.47 Å². The summed E-state index contributed by atoms with van der Waals surface area (Å²) in [7, 11) is 3.22. The van der Waals surface area contributed by atoms with Gasteiger partial charge >= 0.3 is 0 Å². The van der Waals surface area contributed by atoms with Crippen LogP contribution >= 0.6 is 0 Å². The lowest BCUT2D eigenvalue weighted by atomic mass is 10.2. The van der Waals surface area contributed by atoms with Crippen LogP contribution in [0.25, 0.3) is 0 Å². The van der Waals surface area contributed by atoms with Gasteiger partial charge in [-0.3, -0.25) is 4.79 Å². The molecule has 0 aliphatic rings. The van der Waals surface area contributed by atoms with E-state index in [0.717, 1.165) is 17.9 Å². The van der Waals surface area contributed by atoms with Crippen LogP contribution in [0.3, 0.4) is 0 Å². The van der Waals surface area contributed by atoms with Crippen molar-refractivity contribution >= 4 is 11.9 Å². The number of carbonyl (C=O) groups excluding carboxylic acids is 1. The maximum atomic E-state index is 12.2. The van der Waals surface area contributed by atoms with Crippen molar-refractivity contribution in [2.45, 2.75) is 13.5 Å². The Hall–Kier alpha value is -3.22. The lowest BCUT2D eigenvalue weighted by Gasteiger charge is -2.12. The molecule has 7 nitrogen and oxygen atoms in total. The summed E-state index contributed by atoms with van der Waals surface area (Å²) in [5.41, 5.74) is 1.63. The highest BCUT2D eigenvalue weighted by atomic mass is 16.5. The van der Waals surface area contributed by atoms with E-state index in [-0.39, 0.29) is 5.91 Å². The maximum Gasteiger partial charge on any atom is 0.251 e. The van der Waals surface area contributed by atoms with E-state index in [0.29, 0.717) is 36.9 Å². The van der Waals surface area contributed by atoms with Crippen LogP contribution in [0.1, 0.15) is 22.8 Å². The van der Waals surface area contributed by atoms with Crippen molar-refractivity contribution in [1.29, 1.82) is 0 Å². The zero-order valence-electron chi connectivity index (χ0n) is 16.6. The predicted molar refractivity (Wildman–Crippen MR) is 111 cm³/mol. The van der Waals surface area contributed by atoms with Gasteiger partial charge in [-0.05, 0) is 42.8 Å². The summed E-state index contributed by atoms with van der Waals surface area (Å²) in [6.07, 6.45) is 0. The molecule has 0 aliphatic carbocycles. The number of ether oxygens (including phenoxy) is 2. The van der Waals surface area contributed by atoms with Crippen LogP contribution in [0.15, 0.2) is 53.5 Å². The van der Waals surface area contributed by atoms with Crippen molar-refractivity contribution < 1.29 is 14.3 Å². The molecule has 2 aromatic rings. The van der Waals surface area contributed by atoms with Crippen molar-refractivity contribution in [1.82, 2.24) is 16.0 Å². The van der Waals surface area contributed by atoms with E-state index in [2.05, 4.69) is 20.9 Å². The maximum absolute atomic E-state index is 12.2. The highest BCUT2D eigenvalue weighted by molar-refractivity contribution is 5.94. The fraction of sp³-hybridized carbons (Fsp3) is 0.333. The van der Waals surface area contributed by atoms with E-state index in [1.54, 1.807) is 38.5 Å². The van der Waals surface area contributed by atoms with Crippen LogP contribution in [0.2, 0.25) is 0 Å². The van der Waals surface area contributed by atoms with Crippen molar-refractivity contribution in [3.63, 3.8) is 0 Å². The molecule has 7 heteroatoms. The van der Waals surface area contributed by atoms with Gasteiger partial charge in [0.15, 0.2) is 5.96 Å². The summed E-state index contributed by atoms with van der Waals surface area (Å²) in [6.45, 7) is 4.31. The molecule has 1 amide bonds. The Labute approximate surface area is 166 Å². The quantitative estimate of drug-likeness (QED) is 0.351. The Morgan fingerprint density at radius 3 is 2.32 bits per heavy atom. The van der Waals surface area contributed by atoms with Gasteiger partial charge in [0.2, 0.25) is 0 Å². The minimum atomic E-state index is -0.140. The average molecular weight is 384 g/mol. The molecule has 0 unspecified atom stereocenters. The third-order valence-corrected chi connectivity index (χ3v) is 3.93. The van der Waals surface area contributed by atoms with E-state index < -0.39 is 0 Å². The molecule has 28 heavy (non-hydrogen) atoms. The zero-order chi connectivity index (χ0) is 20.2. The lowest BCUT2D eigenvalue weighted by Crippen LogP contribution is -2.41. The van der Waals surface area contributed by atoms with Crippen LogP contribution in [-0.4, -0.2) is 45.7 Å². The number of nitrogens with zero attached hydrogens (tertiary/aromatic N) is 1. The number of nitrogens with one attached hydrogen (secondary N) is 3. The molecule has 0 spiro atoms. The van der Waals surface area contributed by atoms with Crippen molar-refractivity contribution in [2.75, 3.05) is 33.9 Å². The van der Waals surface area contributed by atoms with Crippen LogP contribution in [0.5, 0.6) is 11.5 Å². The van der Waals surface area contributed by atoms with Gasteiger partial charge in [0.1, 0.15) is 11.5 Å². The van der Waals surface area contributed by atoms with Gasteiger partial charge in [-0.25, -0.2) is 4.99 Å². The number of aliphatic imine (C=N–C) groups is 1. The van der Waals surface area contributed by atoms with E-state index in [1.807, 2.05) is 31.2 Å². The SMILES string of the molecule is CCNC(=NCc1cccc(OC)c1)NCCNC(=O)c1cccc(OC)c1. The van der Waals surface area contributed by atoms with E-state index >= 15 is 0 Å². The van der Waals surface area contributed by atoms with Crippen molar-refractivity contribution in [3.05, 3.63) is 59.7 Å². The Balaban J connectivity index is 1.82. The molecule has 0 radical (unpaired) electrons. The first kappa shape index (κ1) is 21.1. The number of hydrogen-bond donors (Lipinski definition) is 3. The highest BCUT2D eigenvalue weighted by Gasteiger charge is 2.06. The molecule has 0 aliphatic heterocycles. The van der Waals surface area contributed by atoms with Crippen LogP contribution in [0, 0.1) is 0 Å². The second kappa shape index (κ2) is 11.5. The van der Waals surface area contributed by atoms with Gasteiger partial charge in [0.05, 0.1) is 20.8 Å². The molecule has 0 heterocycles. The molecule has 0 saturated heterocycles. The number of methoxy groups -OCH3 is 2. The number of rotatable bonds is 9. The third kappa shape index (κ3) is 6.83. The van der Waals surface area contributed by atoms with Gasteiger partial charge in [0.25, 0.3) is 5.91 Å². The fourth-order valence-corrected chi connectivity index (χ4v) is 2.51. The number of amides is 1. The van der Waals surface area contributed by atoms with Crippen LogP contribution < -0.4 is 25.4 Å². The minimum Gasteiger partial charge on any atom is -0.497 e. The monoisotopic (exact) mass is 384 g/mol. The van der Waals surface area contributed by atoms with Gasteiger partial charge in [-0.15, -0.1) is 0 Å². The minimum absolute atomic E-state index is 0.140. The second-order valence-corrected chi connectivity index (χ2v) is 5.96. The Morgan fingerprint density at radius 2 is 1.61 bits per heavy atom. The first-order chi connectivity index (χ1) is 13.7. The standard InChI is InChI=1S/C21H28N4O3/c1-4-22-21(25-15-16-7-5-9-18(13-16)27-2)24-12-11-23-20(26)17-8-6-10-19(14-17)28-3/h5-10,13-14H,4,11-12,15H2,1-3H3,(H,23,26)(H2,22,24,25). The molecular formula is C21H28N4O3. The fourth-order valence-electron chi connectivity index (χ4n) is 2.51. The largest absolute Gasteiger partial charge is 0.497 e. The summed E-state index contributed by atoms with van der Waals surface area (Å²) >= 11 is 0. The molecule has 0 saturated carbocycles. The van der Waals surface area contributed by atoms with Crippen LogP contribution in [-0.2, 0) is 6.54 Å². The Kier molecular flexibility index (Phi) is 8.65. The summed E-state index contributed by atoms with van der Waals surface area (Å²) in [6, 6.07) is 14.9. The van der Waals surface area contributed by atoms with Gasteiger partial charge < -0.3 is 25.4 Å². The summed E-state index contributed by atoms with van der Waals surface area (Å²) in [5, 5.41) is 9.29. The molecule has 2 aromatic carbocycles. The number of carbonyl (C=O) groups is 1. The van der Waals surface area contributed by atoms with E-state index in [9.17, 15) is 4.79 Å². The predicted octanol–water partition coefficient (Wildman–Crippen LogP) is 2.19. The second-order valence-electron chi connectivity index (χ2n) is 5.96. The average Bonchev–Trinajstić information content (AvgIpc) is 2.74. The van der Waals surface area contributed by atoms with Crippen LogP contribution in [0.4, 0.5) is 0 Å². The number of benzene rings is 2. The van der Waals surface area contributed by atoms with E-state index in [1.165, 1.54) is 0 Å². The number of hydrogen-bond acceptors (Lipinski definition) is 4. The summed E-state index contributed by atoms with van der Waals surface area (Å²) < 4.78 is 10.4. The third-order valence-electron chi connectivity index (χ3n) is 3.93. The lowest BCUT2D eigenvalue weighted by molar-refractivity contribution is 0.0954. The molecular weight excluding hydrogens is 356 g/mol. The van der Waals surface area contributed by atoms with Crippen molar-refractivity contribution in [2.24, 2.45) is 4.99 Å². The van der Waals surface area contributed by atoms with Crippen molar-refractivity contribution in [3.8, 4) is 11.5 Å². The molecule has 2 rings (SSSR count). The first-order valence-corrected chi connectivity index (χ1v) is 9.23. The molecule has 0 aromatic heterocycles. The van der Waals surface area contributed by atoms with Gasteiger partial charge in [-0.2, -0.15) is 0 Å². The Morgan fingerprint density at radius 1 is 0.929 bits per heavy atom. The summed E-state index contributed by atoms with van der Waals surface area (Å²) in [5.74, 6) is 2.02. The first-order valence-electron chi connectivity index (χ1n) is 9.23. The smallest absolute Gasteiger partial charge is 0.251 e. The molecule has 0 atom stereocenters. The molecule has 0 fully saturated rings. The Bertz CT molecular complexity index is 793.